The van der Waals surface area contributed by atoms with E-state index in [0.29, 0.717) is 78.9 Å². The molecule has 0 saturated carbocycles. The van der Waals surface area contributed by atoms with Crippen molar-refractivity contribution in [3.8, 4) is 0 Å². The molecule has 2 unspecified atom stereocenters. The summed E-state index contributed by atoms with van der Waals surface area (Å²) in [6, 6.07) is 19.0. The lowest BCUT2D eigenvalue weighted by Gasteiger charge is -2.38. The molecule has 2 rings (SSSR count). The number of nitrogens with zero attached hydrogens (tertiary/aromatic N) is 3. The standard InChI is InChI=1S/C38H61N5O8/c1-5-42(25-36(44)39-19-21-48-7-3)34(30-50-28-32-15-11-9-12-16-32)23-41(27-38(46)47)24-35(31-51-29-33-17-13-10-14-18-33)43(6-2)26-37(45)40-20-22-49-8-4/h9-18,34-35H,5-8,19-31H2,1-4H3,(H,39,44)(H,40,45)(H,46,47). The van der Waals surface area contributed by atoms with Gasteiger partial charge in [-0.1, -0.05) is 74.5 Å². The molecule has 13 nitrogen and oxygen atoms in total. The van der Waals surface area contributed by atoms with E-state index in [4.69, 9.17) is 18.9 Å². The molecule has 0 aliphatic heterocycles. The predicted molar refractivity (Wildman–Crippen MR) is 197 cm³/mol. The SMILES string of the molecule is CCOCCNC(=O)CN(CC)C(COCc1ccccc1)CN(CC(=O)O)CC(COCc1ccccc1)N(CC)CC(=O)NCCOCC. The highest BCUT2D eigenvalue weighted by Crippen LogP contribution is 2.12. The summed E-state index contributed by atoms with van der Waals surface area (Å²) in [5.41, 5.74) is 2.04. The molecule has 51 heavy (non-hydrogen) atoms. The summed E-state index contributed by atoms with van der Waals surface area (Å²) in [6.45, 7) is 13.6. The van der Waals surface area contributed by atoms with E-state index in [0.717, 1.165) is 11.1 Å². The van der Waals surface area contributed by atoms with Crippen LogP contribution in [0, 0.1) is 0 Å². The minimum atomic E-state index is -0.976. The quantitative estimate of drug-likeness (QED) is 0.103. The van der Waals surface area contributed by atoms with E-state index >= 15 is 0 Å². The molecule has 2 aromatic carbocycles. The van der Waals surface area contributed by atoms with Gasteiger partial charge in [0.1, 0.15) is 0 Å². The molecular formula is C38H61N5O8. The first-order valence-electron chi connectivity index (χ1n) is 18.1. The molecule has 286 valence electrons. The number of carbonyl (C=O) groups is 3. The fourth-order valence-electron chi connectivity index (χ4n) is 5.61. The monoisotopic (exact) mass is 715 g/mol. The second kappa shape index (κ2) is 27.3. The summed E-state index contributed by atoms with van der Waals surface area (Å²) in [5.74, 6) is -1.26. The number of likely N-dealkylation sites (N-methyl/N-ethyl adjacent to an activating group) is 2. The fraction of sp³-hybridized carbons (Fsp3) is 0.605. The van der Waals surface area contributed by atoms with Crippen molar-refractivity contribution < 1.29 is 38.4 Å². The summed E-state index contributed by atoms with van der Waals surface area (Å²) in [5, 5.41) is 15.9. The molecule has 0 radical (unpaired) electrons. The average molecular weight is 716 g/mol. The Hall–Kier alpha value is -3.43. The Morgan fingerprint density at radius 2 is 1.04 bits per heavy atom. The van der Waals surface area contributed by atoms with E-state index < -0.39 is 5.97 Å². The van der Waals surface area contributed by atoms with E-state index in [1.165, 1.54) is 0 Å². The van der Waals surface area contributed by atoms with Gasteiger partial charge in [0.25, 0.3) is 0 Å². The van der Waals surface area contributed by atoms with Gasteiger partial charge in [-0.25, -0.2) is 0 Å². The number of nitrogens with one attached hydrogen (secondary N) is 2. The first-order chi connectivity index (χ1) is 24.8. The second-order valence-corrected chi connectivity index (χ2v) is 12.1. The van der Waals surface area contributed by atoms with Crippen LogP contribution in [0.4, 0.5) is 0 Å². The predicted octanol–water partition coefficient (Wildman–Crippen LogP) is 2.49. The first kappa shape index (κ1) is 43.7. The van der Waals surface area contributed by atoms with Crippen molar-refractivity contribution in [1.82, 2.24) is 25.3 Å². The number of hydrogen-bond acceptors (Lipinski definition) is 10. The Bertz CT molecular complexity index is 1120. The van der Waals surface area contributed by atoms with Crippen LogP contribution in [-0.2, 0) is 46.5 Å². The number of carbonyl (C=O) groups excluding carboxylic acids is 2. The third-order valence-electron chi connectivity index (χ3n) is 8.22. The molecule has 0 aliphatic carbocycles. The van der Waals surface area contributed by atoms with Crippen molar-refractivity contribution in [2.75, 3.05) is 98.5 Å². The summed E-state index contributed by atoms with van der Waals surface area (Å²) >= 11 is 0. The van der Waals surface area contributed by atoms with Gasteiger partial charge in [-0.05, 0) is 38.1 Å². The molecule has 0 fully saturated rings. The van der Waals surface area contributed by atoms with Crippen LogP contribution in [0.15, 0.2) is 60.7 Å². The van der Waals surface area contributed by atoms with Gasteiger partial charge in [0.15, 0.2) is 0 Å². The second-order valence-electron chi connectivity index (χ2n) is 12.1. The molecule has 0 saturated heterocycles. The number of amides is 2. The molecule has 2 aromatic rings. The van der Waals surface area contributed by atoms with Crippen molar-refractivity contribution in [3.05, 3.63) is 71.8 Å². The van der Waals surface area contributed by atoms with Crippen LogP contribution in [-0.4, -0.2) is 148 Å². The zero-order chi connectivity index (χ0) is 37.1. The Balaban J connectivity index is 2.28. The van der Waals surface area contributed by atoms with E-state index in [9.17, 15) is 19.5 Å². The molecular weight excluding hydrogens is 654 g/mol. The molecule has 2 atom stereocenters. The van der Waals surface area contributed by atoms with Crippen LogP contribution in [0.2, 0.25) is 0 Å². The van der Waals surface area contributed by atoms with E-state index in [1.54, 1.807) is 0 Å². The van der Waals surface area contributed by atoms with Gasteiger partial charge in [-0.2, -0.15) is 0 Å². The number of hydrogen-bond donors (Lipinski definition) is 3. The molecule has 0 spiro atoms. The molecule has 3 N–H and O–H groups in total. The lowest BCUT2D eigenvalue weighted by molar-refractivity contribution is -0.139. The van der Waals surface area contributed by atoms with Gasteiger partial charge in [0, 0.05) is 51.5 Å². The normalized spacial score (nSPS) is 12.7. The number of carboxylic acid groups (broad SMARTS) is 1. The minimum absolute atomic E-state index is 0.121. The average Bonchev–Trinajstić information content (AvgIpc) is 3.13. The van der Waals surface area contributed by atoms with Crippen molar-refractivity contribution >= 4 is 17.8 Å². The smallest absolute Gasteiger partial charge is 0.317 e. The van der Waals surface area contributed by atoms with E-state index in [2.05, 4.69) is 10.6 Å². The van der Waals surface area contributed by atoms with Crippen LogP contribution in [0.5, 0.6) is 0 Å². The zero-order valence-electron chi connectivity index (χ0n) is 31.1. The Labute approximate surface area is 304 Å². The number of rotatable bonds is 30. The fourth-order valence-corrected chi connectivity index (χ4v) is 5.61. The maximum atomic E-state index is 13.0. The molecule has 13 heteroatoms. The lowest BCUT2D eigenvalue weighted by Crippen LogP contribution is -2.55. The summed E-state index contributed by atoms with van der Waals surface area (Å²) in [7, 11) is 0. The minimum Gasteiger partial charge on any atom is -0.480 e. The van der Waals surface area contributed by atoms with Crippen LogP contribution in [0.1, 0.15) is 38.8 Å². The highest BCUT2D eigenvalue weighted by atomic mass is 16.5. The van der Waals surface area contributed by atoms with Crippen LogP contribution in [0.25, 0.3) is 0 Å². The molecule has 0 heterocycles. The highest BCUT2D eigenvalue weighted by molar-refractivity contribution is 5.78. The van der Waals surface area contributed by atoms with Gasteiger partial charge < -0.3 is 34.7 Å². The van der Waals surface area contributed by atoms with Crippen LogP contribution in [0.3, 0.4) is 0 Å². The number of carboxylic acids is 1. The third-order valence-corrected chi connectivity index (χ3v) is 8.22. The lowest BCUT2D eigenvalue weighted by atomic mass is 10.1. The maximum Gasteiger partial charge on any atom is 0.317 e. The van der Waals surface area contributed by atoms with Crippen LogP contribution < -0.4 is 10.6 Å². The van der Waals surface area contributed by atoms with E-state index in [1.807, 2.05) is 103 Å². The van der Waals surface area contributed by atoms with E-state index in [-0.39, 0.29) is 56.7 Å². The van der Waals surface area contributed by atoms with Gasteiger partial charge in [-0.15, -0.1) is 0 Å². The molecule has 0 bridgehead atoms. The summed E-state index contributed by atoms with van der Waals surface area (Å²) < 4.78 is 23.1. The Morgan fingerprint density at radius 3 is 1.39 bits per heavy atom. The zero-order valence-corrected chi connectivity index (χ0v) is 31.1. The van der Waals surface area contributed by atoms with Gasteiger partial charge >= 0.3 is 5.97 Å². The van der Waals surface area contributed by atoms with Crippen molar-refractivity contribution in [2.45, 2.75) is 53.0 Å². The van der Waals surface area contributed by atoms with Gasteiger partial charge in [0.05, 0.1) is 59.3 Å². The summed E-state index contributed by atoms with van der Waals surface area (Å²) in [4.78, 5) is 44.1. The van der Waals surface area contributed by atoms with Crippen molar-refractivity contribution in [3.63, 3.8) is 0 Å². The maximum absolute atomic E-state index is 13.0. The van der Waals surface area contributed by atoms with Crippen molar-refractivity contribution in [2.24, 2.45) is 0 Å². The van der Waals surface area contributed by atoms with Crippen LogP contribution >= 0.6 is 0 Å². The Morgan fingerprint density at radius 1 is 0.627 bits per heavy atom. The topological polar surface area (TPSA) is 142 Å². The molecule has 2 amide bonds. The molecule has 0 aliphatic rings. The van der Waals surface area contributed by atoms with Gasteiger partial charge in [0.2, 0.25) is 11.8 Å². The number of ether oxygens (including phenoxy) is 4. The highest BCUT2D eigenvalue weighted by Gasteiger charge is 2.28. The summed E-state index contributed by atoms with van der Waals surface area (Å²) in [6.07, 6.45) is 0. The largest absolute Gasteiger partial charge is 0.480 e. The first-order valence-corrected chi connectivity index (χ1v) is 18.1. The number of aliphatic carboxylic acids is 1. The molecule has 0 aromatic heterocycles. The van der Waals surface area contributed by atoms with Gasteiger partial charge in [-0.3, -0.25) is 29.1 Å². The number of benzene rings is 2. The third kappa shape index (κ3) is 19.7. The Kier molecular flexibility index (Phi) is 23.4. The van der Waals surface area contributed by atoms with Crippen molar-refractivity contribution in [1.29, 1.82) is 0 Å².